The molecule has 0 amide bonds. The number of rotatable bonds is 1. The van der Waals surface area contributed by atoms with Gasteiger partial charge in [-0.1, -0.05) is 0 Å². The first-order valence-corrected chi connectivity index (χ1v) is 3.28. The van der Waals surface area contributed by atoms with Crippen LogP contribution in [0.5, 0.6) is 0 Å². The molecule has 2 aliphatic rings. The molecule has 0 aliphatic carbocycles. The number of nitrogens with zero attached hydrogens (tertiary/aromatic N) is 4. The Bertz CT molecular complexity index is 353. The molecule has 0 radical (unpaired) electrons. The van der Waals surface area contributed by atoms with Crippen LogP contribution in [-0.4, -0.2) is 29.2 Å². The SMILES string of the molecule is O=[N+]([O-])[C@@H]1C=NC2=NN=CC2=C1. The summed E-state index contributed by atoms with van der Waals surface area (Å²) in [5.41, 5.74) is 0.624. The van der Waals surface area contributed by atoms with E-state index in [1.165, 1.54) is 18.5 Å². The molecule has 2 heterocycles. The quantitative estimate of drug-likeness (QED) is 0.405. The zero-order chi connectivity index (χ0) is 8.55. The predicted molar refractivity (Wildman–Crippen MR) is 43.3 cm³/mol. The van der Waals surface area contributed by atoms with E-state index >= 15 is 0 Å². The Hall–Kier alpha value is -1.85. The molecule has 0 unspecified atom stereocenters. The number of dihydropyridines is 1. The third-order valence-electron chi connectivity index (χ3n) is 1.55. The minimum absolute atomic E-state index is 0.417. The number of amidine groups is 1. The monoisotopic (exact) mass is 164 g/mol. The lowest BCUT2D eigenvalue weighted by atomic mass is 10.1. The van der Waals surface area contributed by atoms with Gasteiger partial charge in [-0.15, -0.1) is 5.10 Å². The highest BCUT2D eigenvalue weighted by molar-refractivity contribution is 6.21. The van der Waals surface area contributed by atoms with Gasteiger partial charge in [-0.2, -0.15) is 5.10 Å². The summed E-state index contributed by atoms with van der Waals surface area (Å²) in [5.74, 6) is 0.452. The zero-order valence-corrected chi connectivity index (χ0v) is 5.91. The number of hydrogen-bond acceptors (Lipinski definition) is 5. The van der Waals surface area contributed by atoms with Gasteiger partial charge < -0.3 is 0 Å². The normalized spacial score (nSPS) is 24.8. The summed E-state index contributed by atoms with van der Waals surface area (Å²) in [6.45, 7) is 0. The summed E-state index contributed by atoms with van der Waals surface area (Å²) in [6, 6.07) is -0.844. The van der Waals surface area contributed by atoms with Crippen LogP contribution in [0.3, 0.4) is 0 Å². The minimum atomic E-state index is -0.844. The van der Waals surface area contributed by atoms with E-state index in [0.29, 0.717) is 11.4 Å². The largest absolute Gasteiger partial charge is 0.267 e. The highest BCUT2D eigenvalue weighted by atomic mass is 16.6. The lowest BCUT2D eigenvalue weighted by Crippen LogP contribution is -2.23. The molecule has 0 spiro atoms. The molecular formula is C6H4N4O2. The van der Waals surface area contributed by atoms with Crippen molar-refractivity contribution in [3.8, 4) is 0 Å². The Morgan fingerprint density at radius 1 is 1.58 bits per heavy atom. The molecule has 0 saturated heterocycles. The van der Waals surface area contributed by atoms with Crippen LogP contribution in [0.15, 0.2) is 26.8 Å². The summed E-state index contributed by atoms with van der Waals surface area (Å²) in [4.78, 5) is 13.7. The van der Waals surface area contributed by atoms with Crippen LogP contribution >= 0.6 is 0 Å². The molecule has 1 atom stereocenters. The Morgan fingerprint density at radius 3 is 3.17 bits per heavy atom. The molecule has 2 rings (SSSR count). The van der Waals surface area contributed by atoms with Crippen molar-refractivity contribution < 1.29 is 4.92 Å². The van der Waals surface area contributed by atoms with Crippen molar-refractivity contribution in [1.82, 2.24) is 0 Å². The maximum atomic E-state index is 10.3. The van der Waals surface area contributed by atoms with Crippen LogP contribution < -0.4 is 0 Å². The van der Waals surface area contributed by atoms with Gasteiger partial charge in [0.15, 0.2) is 5.84 Å². The molecule has 0 aromatic rings. The maximum Gasteiger partial charge on any atom is 0.267 e. The summed E-state index contributed by atoms with van der Waals surface area (Å²) in [7, 11) is 0. The Kier molecular flexibility index (Phi) is 1.33. The molecule has 12 heavy (non-hydrogen) atoms. The van der Waals surface area contributed by atoms with Gasteiger partial charge in [0.05, 0.1) is 12.4 Å². The number of fused-ring (bicyclic) bond motifs is 1. The van der Waals surface area contributed by atoms with Crippen LogP contribution in [0.25, 0.3) is 0 Å². The molecule has 6 nitrogen and oxygen atoms in total. The molecule has 0 fully saturated rings. The van der Waals surface area contributed by atoms with Gasteiger partial charge in [0.2, 0.25) is 0 Å². The van der Waals surface area contributed by atoms with E-state index in [0.717, 1.165) is 0 Å². The van der Waals surface area contributed by atoms with Crippen LogP contribution in [0, 0.1) is 10.1 Å². The summed E-state index contributed by atoms with van der Waals surface area (Å²) < 4.78 is 0. The van der Waals surface area contributed by atoms with E-state index in [1.54, 1.807) is 0 Å². The van der Waals surface area contributed by atoms with Gasteiger partial charge >= 0.3 is 0 Å². The first-order valence-electron chi connectivity index (χ1n) is 3.28. The topological polar surface area (TPSA) is 80.2 Å². The van der Waals surface area contributed by atoms with E-state index in [1.807, 2.05) is 0 Å². The molecule has 0 aromatic carbocycles. The fourth-order valence-corrected chi connectivity index (χ4v) is 0.968. The minimum Gasteiger partial charge on any atom is -0.264 e. The average Bonchev–Trinajstić information content (AvgIpc) is 2.49. The molecule has 60 valence electrons. The zero-order valence-electron chi connectivity index (χ0n) is 5.91. The molecule has 0 aromatic heterocycles. The maximum absolute atomic E-state index is 10.3. The fourth-order valence-electron chi connectivity index (χ4n) is 0.968. The first kappa shape index (κ1) is 6.84. The lowest BCUT2D eigenvalue weighted by molar-refractivity contribution is -0.489. The molecule has 0 saturated carbocycles. The smallest absolute Gasteiger partial charge is 0.264 e. The van der Waals surface area contributed by atoms with E-state index in [9.17, 15) is 10.1 Å². The standard InChI is InChI=1S/C6H4N4O2/c11-10(12)5-1-4-2-8-9-6(4)7-3-5/h1-3,5H/t5-/m0/s1. The van der Waals surface area contributed by atoms with Gasteiger partial charge in [-0.05, 0) is 0 Å². The van der Waals surface area contributed by atoms with Crippen molar-refractivity contribution in [2.24, 2.45) is 15.2 Å². The third kappa shape index (κ3) is 0.931. The van der Waals surface area contributed by atoms with Crippen LogP contribution in [-0.2, 0) is 0 Å². The molecule has 2 aliphatic heterocycles. The van der Waals surface area contributed by atoms with Crippen molar-refractivity contribution >= 4 is 18.3 Å². The van der Waals surface area contributed by atoms with Gasteiger partial charge in [0, 0.05) is 16.6 Å². The van der Waals surface area contributed by atoms with Crippen LogP contribution in [0.4, 0.5) is 0 Å². The molecule has 0 N–H and O–H groups in total. The van der Waals surface area contributed by atoms with E-state index in [4.69, 9.17) is 0 Å². The van der Waals surface area contributed by atoms with Gasteiger partial charge in [-0.3, -0.25) is 10.1 Å². The highest BCUT2D eigenvalue weighted by Crippen LogP contribution is 2.11. The third-order valence-corrected chi connectivity index (χ3v) is 1.55. The predicted octanol–water partition coefficient (Wildman–Crippen LogP) is 0.0404. The molecular weight excluding hydrogens is 160 g/mol. The van der Waals surface area contributed by atoms with E-state index in [2.05, 4.69) is 15.2 Å². The van der Waals surface area contributed by atoms with Crippen LogP contribution in [0.2, 0.25) is 0 Å². The van der Waals surface area contributed by atoms with Gasteiger partial charge in [0.25, 0.3) is 6.04 Å². The Morgan fingerprint density at radius 2 is 2.42 bits per heavy atom. The van der Waals surface area contributed by atoms with Gasteiger partial charge in [0.1, 0.15) is 0 Å². The van der Waals surface area contributed by atoms with Crippen molar-refractivity contribution in [2.75, 3.05) is 0 Å². The molecule has 6 heteroatoms. The van der Waals surface area contributed by atoms with Crippen molar-refractivity contribution in [1.29, 1.82) is 0 Å². The van der Waals surface area contributed by atoms with Crippen molar-refractivity contribution in [3.63, 3.8) is 0 Å². The number of hydrogen-bond donors (Lipinski definition) is 0. The first-order chi connectivity index (χ1) is 5.77. The lowest BCUT2D eigenvalue weighted by Gasteiger charge is -2.04. The second-order valence-corrected chi connectivity index (χ2v) is 2.34. The fraction of sp³-hybridized carbons (Fsp3) is 0.167. The van der Waals surface area contributed by atoms with Gasteiger partial charge in [-0.25, -0.2) is 4.99 Å². The van der Waals surface area contributed by atoms with Crippen LogP contribution in [0.1, 0.15) is 0 Å². The second kappa shape index (κ2) is 2.33. The highest BCUT2D eigenvalue weighted by Gasteiger charge is 2.23. The van der Waals surface area contributed by atoms with E-state index < -0.39 is 11.0 Å². The number of aliphatic imine (C=N–C) groups is 1. The summed E-state index contributed by atoms with van der Waals surface area (Å²) in [6.07, 6.45) is 4.18. The summed E-state index contributed by atoms with van der Waals surface area (Å²) in [5, 5.41) is 17.6. The Balaban J connectivity index is 2.33. The molecule has 0 bridgehead atoms. The Labute approximate surface area is 67.2 Å². The summed E-state index contributed by atoms with van der Waals surface area (Å²) >= 11 is 0. The van der Waals surface area contributed by atoms with Crippen molar-refractivity contribution in [3.05, 3.63) is 21.8 Å². The average molecular weight is 164 g/mol. The second-order valence-electron chi connectivity index (χ2n) is 2.34. The van der Waals surface area contributed by atoms with Crippen molar-refractivity contribution in [2.45, 2.75) is 6.04 Å². The van der Waals surface area contributed by atoms with E-state index in [-0.39, 0.29) is 0 Å². The number of nitro groups is 1.